The van der Waals surface area contributed by atoms with Crippen LogP contribution in [0.5, 0.6) is 5.75 Å². The maximum Gasteiger partial charge on any atom is 0.323 e. The van der Waals surface area contributed by atoms with Gasteiger partial charge in [-0.15, -0.1) is 0 Å². The van der Waals surface area contributed by atoms with Crippen molar-refractivity contribution in [2.24, 2.45) is 5.92 Å². The van der Waals surface area contributed by atoms with Crippen LogP contribution in [0.1, 0.15) is 37.4 Å². The summed E-state index contributed by atoms with van der Waals surface area (Å²) in [5.41, 5.74) is 3.71. The number of aryl methyl sites for hydroxylation is 1. The van der Waals surface area contributed by atoms with Crippen LogP contribution in [0.4, 0.5) is 16.2 Å². The number of rotatable bonds is 10. The van der Waals surface area contributed by atoms with Crippen LogP contribution in [0.2, 0.25) is 0 Å². The lowest BCUT2D eigenvalue weighted by molar-refractivity contribution is -0.138. The van der Waals surface area contributed by atoms with Gasteiger partial charge in [-0.2, -0.15) is 0 Å². The molecular weight excluding hydrogens is 484 g/mol. The first-order valence-corrected chi connectivity index (χ1v) is 12.3. The van der Waals surface area contributed by atoms with Crippen LogP contribution < -0.4 is 20.7 Å². The molecule has 2 atom stereocenters. The topological polar surface area (TPSA) is 120 Å². The second-order valence-corrected chi connectivity index (χ2v) is 9.21. The Morgan fingerprint density at radius 3 is 2.47 bits per heavy atom. The number of para-hydroxylation sites is 1. The Bertz CT molecular complexity index is 1270. The van der Waals surface area contributed by atoms with E-state index in [1.54, 1.807) is 12.1 Å². The lowest BCUT2D eigenvalue weighted by atomic mass is 9.97. The highest BCUT2D eigenvalue weighted by Crippen LogP contribution is 2.32. The van der Waals surface area contributed by atoms with Gasteiger partial charge in [0.2, 0.25) is 5.91 Å². The first-order chi connectivity index (χ1) is 18.2. The van der Waals surface area contributed by atoms with Gasteiger partial charge in [0, 0.05) is 38.0 Å². The Labute approximate surface area is 222 Å². The normalized spacial score (nSPS) is 14.1. The molecule has 200 valence electrons. The van der Waals surface area contributed by atoms with E-state index >= 15 is 0 Å². The molecule has 0 bridgehead atoms. The fourth-order valence-corrected chi connectivity index (χ4v) is 4.13. The number of carboxylic acids is 1. The van der Waals surface area contributed by atoms with Crippen LogP contribution >= 0.6 is 0 Å². The maximum absolute atomic E-state index is 12.6. The number of carbonyl (C=O) groups excluding carboxylic acids is 2. The molecule has 4 N–H and O–H groups in total. The lowest BCUT2D eigenvalue weighted by Gasteiger charge is -2.22. The summed E-state index contributed by atoms with van der Waals surface area (Å²) in [6.45, 7) is 5.80. The third kappa shape index (κ3) is 7.99. The molecule has 0 saturated heterocycles. The van der Waals surface area contributed by atoms with Crippen molar-refractivity contribution in [3.05, 3.63) is 89.8 Å². The molecule has 2 unspecified atom stereocenters. The zero-order valence-corrected chi connectivity index (χ0v) is 22.0. The molecule has 3 rings (SSSR count). The molecule has 0 aliphatic carbocycles. The van der Waals surface area contributed by atoms with Crippen LogP contribution in [0.15, 0.2) is 78.7 Å². The smallest absolute Gasteiger partial charge is 0.323 e. The van der Waals surface area contributed by atoms with Crippen molar-refractivity contribution in [1.29, 1.82) is 0 Å². The van der Waals surface area contributed by atoms with Crippen LogP contribution in [-0.2, 0) is 9.59 Å². The molecule has 1 aliphatic rings. The number of ether oxygens (including phenoxy) is 1. The molecule has 1 aliphatic heterocycles. The van der Waals surface area contributed by atoms with Crippen molar-refractivity contribution in [3.63, 3.8) is 0 Å². The van der Waals surface area contributed by atoms with Crippen molar-refractivity contribution >= 4 is 29.3 Å². The van der Waals surface area contributed by atoms with Gasteiger partial charge in [-0.1, -0.05) is 37.3 Å². The number of hydrogen-bond acceptors (Lipinski definition) is 5. The summed E-state index contributed by atoms with van der Waals surface area (Å²) < 4.78 is 5.56. The fraction of sp³-hybridized carbons (Fsp3) is 0.276. The van der Waals surface area contributed by atoms with Gasteiger partial charge in [-0.3, -0.25) is 9.59 Å². The van der Waals surface area contributed by atoms with Crippen LogP contribution in [0, 0.1) is 12.8 Å². The number of methoxy groups -OCH3 is 1. The summed E-state index contributed by atoms with van der Waals surface area (Å²) in [5.74, 6) is -0.634. The number of allylic oxidation sites excluding steroid dienone is 2. The van der Waals surface area contributed by atoms with Crippen molar-refractivity contribution in [2.75, 3.05) is 24.3 Å². The van der Waals surface area contributed by atoms with Crippen molar-refractivity contribution < 1.29 is 24.2 Å². The largest absolute Gasteiger partial charge is 0.495 e. The molecule has 9 nitrogen and oxygen atoms in total. The third-order valence-corrected chi connectivity index (χ3v) is 5.95. The third-order valence-electron chi connectivity index (χ3n) is 5.95. The van der Waals surface area contributed by atoms with E-state index < -0.39 is 18.0 Å². The summed E-state index contributed by atoms with van der Waals surface area (Å²) in [4.78, 5) is 37.6. The summed E-state index contributed by atoms with van der Waals surface area (Å²) >= 11 is 0. The minimum absolute atomic E-state index is 0.0400. The molecule has 9 heteroatoms. The standard InChI is InChI=1S/C29H34N4O5/c1-19(16-27(35)36)18-33-14-7-9-22(13-15-33)28(30-21(3)34)23-11-12-25(26(17-23)38-4)32-29(37)31-24-10-6-5-8-20(24)2/h5-15,17,19,28H,16,18H2,1-4H3,(H,30,34)(H,35,36)(H2,31,32,37). The molecule has 0 fully saturated rings. The van der Waals surface area contributed by atoms with Gasteiger partial charge in [-0.05, 0) is 59.9 Å². The predicted molar refractivity (Wildman–Crippen MR) is 148 cm³/mol. The minimum atomic E-state index is -0.829. The number of benzene rings is 2. The van der Waals surface area contributed by atoms with E-state index in [9.17, 15) is 14.4 Å². The Morgan fingerprint density at radius 2 is 1.79 bits per heavy atom. The van der Waals surface area contributed by atoms with E-state index in [2.05, 4.69) is 16.0 Å². The Balaban J connectivity index is 1.79. The van der Waals surface area contributed by atoms with E-state index in [1.165, 1.54) is 14.0 Å². The number of anilines is 2. The van der Waals surface area contributed by atoms with E-state index in [1.807, 2.05) is 79.7 Å². The second-order valence-electron chi connectivity index (χ2n) is 9.21. The zero-order valence-electron chi connectivity index (χ0n) is 22.0. The molecule has 2 aromatic rings. The highest BCUT2D eigenvalue weighted by molar-refractivity contribution is 6.01. The first kappa shape index (κ1) is 28.0. The van der Waals surface area contributed by atoms with Gasteiger partial charge in [0.25, 0.3) is 0 Å². The molecule has 0 spiro atoms. The second kappa shape index (κ2) is 13.1. The quantitative estimate of drug-likeness (QED) is 0.343. The van der Waals surface area contributed by atoms with Gasteiger partial charge >= 0.3 is 12.0 Å². The van der Waals surface area contributed by atoms with Gasteiger partial charge in [0.05, 0.1) is 18.8 Å². The van der Waals surface area contributed by atoms with Crippen molar-refractivity contribution in [3.8, 4) is 5.75 Å². The molecule has 0 aromatic heterocycles. The molecule has 2 aromatic carbocycles. The Kier molecular flexibility index (Phi) is 9.70. The van der Waals surface area contributed by atoms with Crippen LogP contribution in [0.25, 0.3) is 0 Å². The number of nitrogens with zero attached hydrogens (tertiary/aromatic N) is 1. The van der Waals surface area contributed by atoms with Gasteiger partial charge in [0.1, 0.15) is 5.75 Å². The summed E-state index contributed by atoms with van der Waals surface area (Å²) in [6, 6.07) is 11.9. The predicted octanol–water partition coefficient (Wildman–Crippen LogP) is 5.21. The Hall–Kier alpha value is -4.53. The molecule has 3 amide bonds. The summed E-state index contributed by atoms with van der Waals surface area (Å²) in [6.07, 6.45) is 9.46. The highest BCUT2D eigenvalue weighted by atomic mass is 16.5. The fourth-order valence-electron chi connectivity index (χ4n) is 4.13. The molecular formula is C29H34N4O5. The molecule has 38 heavy (non-hydrogen) atoms. The van der Waals surface area contributed by atoms with E-state index in [0.29, 0.717) is 23.7 Å². The number of amides is 3. The number of nitrogens with one attached hydrogen (secondary N) is 3. The monoisotopic (exact) mass is 518 g/mol. The summed E-state index contributed by atoms with van der Waals surface area (Å²) in [5, 5.41) is 17.7. The maximum atomic E-state index is 12.6. The summed E-state index contributed by atoms with van der Waals surface area (Å²) in [7, 11) is 1.51. The van der Waals surface area contributed by atoms with Gasteiger partial charge < -0.3 is 30.7 Å². The average Bonchev–Trinajstić information content (AvgIpc) is 3.09. The minimum Gasteiger partial charge on any atom is -0.495 e. The SMILES string of the molecule is COc1cc(C(NC(C)=O)C2=CC=CN(CC(C)CC(=O)O)C=C2)ccc1NC(=O)Nc1ccccc1C. The first-order valence-electron chi connectivity index (χ1n) is 12.3. The van der Waals surface area contributed by atoms with E-state index in [-0.39, 0.29) is 18.2 Å². The van der Waals surface area contributed by atoms with Gasteiger partial charge in [0.15, 0.2) is 0 Å². The van der Waals surface area contributed by atoms with E-state index in [0.717, 1.165) is 16.7 Å². The van der Waals surface area contributed by atoms with Gasteiger partial charge in [-0.25, -0.2) is 4.79 Å². The zero-order chi connectivity index (χ0) is 27.7. The molecule has 0 saturated carbocycles. The highest BCUT2D eigenvalue weighted by Gasteiger charge is 2.20. The number of hydrogen-bond donors (Lipinski definition) is 4. The number of urea groups is 1. The number of aliphatic carboxylic acids is 1. The van der Waals surface area contributed by atoms with Crippen LogP contribution in [-0.4, -0.2) is 41.6 Å². The molecule has 0 radical (unpaired) electrons. The average molecular weight is 519 g/mol. The van der Waals surface area contributed by atoms with Crippen molar-refractivity contribution in [2.45, 2.75) is 33.2 Å². The van der Waals surface area contributed by atoms with E-state index in [4.69, 9.17) is 9.84 Å². The van der Waals surface area contributed by atoms with Crippen molar-refractivity contribution in [1.82, 2.24) is 10.2 Å². The Morgan fingerprint density at radius 1 is 1.05 bits per heavy atom. The molecule has 1 heterocycles. The lowest BCUT2D eigenvalue weighted by Crippen LogP contribution is -2.27. The van der Waals surface area contributed by atoms with Crippen LogP contribution in [0.3, 0.4) is 0 Å². The number of carbonyl (C=O) groups is 3. The number of carboxylic acid groups (broad SMARTS) is 1.